The quantitative estimate of drug-likeness (QED) is 0.718. The van der Waals surface area contributed by atoms with E-state index in [2.05, 4.69) is 22.9 Å². The number of aromatic nitrogens is 1. The number of phenolic OH excluding ortho intramolecular Hbond substituents is 1. The topological polar surface area (TPSA) is 25.2 Å². The van der Waals surface area contributed by atoms with Gasteiger partial charge in [-0.15, -0.1) is 0 Å². The Bertz CT molecular complexity index is 641. The summed E-state index contributed by atoms with van der Waals surface area (Å²) in [5.74, 6) is 0.315. The number of phenols is 1. The first-order valence-electron chi connectivity index (χ1n) is 6.65. The Morgan fingerprint density at radius 3 is 2.42 bits per heavy atom. The predicted molar refractivity (Wildman–Crippen MR) is 80.5 cm³/mol. The van der Waals surface area contributed by atoms with Gasteiger partial charge in [-0.05, 0) is 29.8 Å². The fourth-order valence-electron chi connectivity index (χ4n) is 2.11. The van der Waals surface area contributed by atoms with E-state index in [1.54, 1.807) is 12.1 Å². The zero-order valence-electron chi connectivity index (χ0n) is 11.4. The van der Waals surface area contributed by atoms with Crippen molar-refractivity contribution in [1.82, 2.24) is 4.57 Å². The van der Waals surface area contributed by atoms with Gasteiger partial charge >= 0.3 is 0 Å². The third kappa shape index (κ3) is 2.97. The molecule has 0 aliphatic carbocycles. The van der Waals surface area contributed by atoms with Crippen molar-refractivity contribution in [3.05, 3.63) is 66.4 Å². The molecule has 1 N–H and O–H groups in total. The van der Waals surface area contributed by atoms with Gasteiger partial charge in [0.15, 0.2) is 0 Å². The summed E-state index contributed by atoms with van der Waals surface area (Å²) in [6.07, 6.45) is 2.05. The number of fused-ring (bicyclic) bond motifs is 1. The molecule has 0 amide bonds. The second kappa shape index (κ2) is 6.10. The molecule has 2 heteroatoms. The highest BCUT2D eigenvalue weighted by atomic mass is 16.3. The average molecular weight is 253 g/mol. The first-order chi connectivity index (χ1) is 9.33. The number of benzene rings is 2. The second-order valence-corrected chi connectivity index (χ2v) is 4.17. The molecule has 3 rings (SSSR count). The van der Waals surface area contributed by atoms with Crippen LogP contribution in [0.3, 0.4) is 0 Å². The van der Waals surface area contributed by atoms with E-state index >= 15 is 0 Å². The lowest BCUT2D eigenvalue weighted by molar-refractivity contribution is 0.476. The SMILES string of the molecule is CC.Oc1ccc2c(ccn2Cc2ccccc2)c1. The van der Waals surface area contributed by atoms with Gasteiger partial charge < -0.3 is 9.67 Å². The smallest absolute Gasteiger partial charge is 0.116 e. The summed E-state index contributed by atoms with van der Waals surface area (Å²) >= 11 is 0. The Kier molecular flexibility index (Phi) is 4.24. The van der Waals surface area contributed by atoms with Crippen LogP contribution < -0.4 is 0 Å². The van der Waals surface area contributed by atoms with Crippen molar-refractivity contribution in [2.45, 2.75) is 20.4 Å². The molecule has 19 heavy (non-hydrogen) atoms. The highest BCUT2D eigenvalue weighted by molar-refractivity contribution is 5.81. The van der Waals surface area contributed by atoms with Crippen LogP contribution >= 0.6 is 0 Å². The molecular formula is C17H19NO. The average Bonchev–Trinajstić information content (AvgIpc) is 2.84. The zero-order chi connectivity index (χ0) is 13.7. The minimum Gasteiger partial charge on any atom is -0.508 e. The largest absolute Gasteiger partial charge is 0.508 e. The van der Waals surface area contributed by atoms with Gasteiger partial charge in [-0.25, -0.2) is 0 Å². The molecule has 0 saturated heterocycles. The zero-order valence-corrected chi connectivity index (χ0v) is 11.4. The second-order valence-electron chi connectivity index (χ2n) is 4.17. The van der Waals surface area contributed by atoms with Crippen LogP contribution in [0.2, 0.25) is 0 Å². The van der Waals surface area contributed by atoms with Crippen molar-refractivity contribution in [3.63, 3.8) is 0 Å². The van der Waals surface area contributed by atoms with Gasteiger partial charge in [0.2, 0.25) is 0 Å². The number of hydrogen-bond acceptors (Lipinski definition) is 1. The lowest BCUT2D eigenvalue weighted by Crippen LogP contribution is -1.96. The summed E-state index contributed by atoms with van der Waals surface area (Å²) in [7, 11) is 0. The minimum absolute atomic E-state index is 0.315. The fraction of sp³-hybridized carbons (Fsp3) is 0.176. The molecule has 2 aromatic carbocycles. The van der Waals surface area contributed by atoms with E-state index in [1.807, 2.05) is 44.2 Å². The molecule has 0 aliphatic rings. The van der Waals surface area contributed by atoms with Gasteiger partial charge in [0.1, 0.15) is 5.75 Å². The Hall–Kier alpha value is -2.22. The monoisotopic (exact) mass is 253 g/mol. The van der Waals surface area contributed by atoms with Crippen LogP contribution in [0.25, 0.3) is 10.9 Å². The maximum Gasteiger partial charge on any atom is 0.116 e. The summed E-state index contributed by atoms with van der Waals surface area (Å²) in [6.45, 7) is 4.86. The van der Waals surface area contributed by atoms with Crippen LogP contribution in [-0.4, -0.2) is 9.67 Å². The first-order valence-corrected chi connectivity index (χ1v) is 6.65. The summed E-state index contributed by atoms with van der Waals surface area (Å²) in [4.78, 5) is 0. The van der Waals surface area contributed by atoms with Gasteiger partial charge in [-0.1, -0.05) is 44.2 Å². The van der Waals surface area contributed by atoms with Crippen LogP contribution in [0.15, 0.2) is 60.8 Å². The van der Waals surface area contributed by atoms with Crippen molar-refractivity contribution < 1.29 is 5.11 Å². The van der Waals surface area contributed by atoms with Gasteiger partial charge in [0, 0.05) is 23.6 Å². The van der Waals surface area contributed by atoms with Crippen LogP contribution in [0, 0.1) is 0 Å². The van der Waals surface area contributed by atoms with Crippen LogP contribution in [-0.2, 0) is 6.54 Å². The van der Waals surface area contributed by atoms with E-state index < -0.39 is 0 Å². The Balaban J connectivity index is 0.000000637. The standard InChI is InChI=1S/C15H13NO.C2H6/c17-14-6-7-15-13(10-14)8-9-16(15)11-12-4-2-1-3-5-12;1-2/h1-10,17H,11H2;1-2H3. The van der Waals surface area contributed by atoms with Gasteiger partial charge in [-0.3, -0.25) is 0 Å². The maximum atomic E-state index is 9.42. The minimum atomic E-state index is 0.315. The molecule has 1 aromatic heterocycles. The lowest BCUT2D eigenvalue weighted by Gasteiger charge is -2.05. The van der Waals surface area contributed by atoms with E-state index in [0.717, 1.165) is 17.4 Å². The number of nitrogens with zero attached hydrogens (tertiary/aromatic N) is 1. The predicted octanol–water partition coefficient (Wildman–Crippen LogP) is 4.42. The van der Waals surface area contributed by atoms with Crippen molar-refractivity contribution in [2.24, 2.45) is 0 Å². The van der Waals surface area contributed by atoms with Crippen molar-refractivity contribution >= 4 is 10.9 Å². The fourth-order valence-corrected chi connectivity index (χ4v) is 2.11. The summed E-state index contributed by atoms with van der Waals surface area (Å²) in [5, 5.41) is 10.5. The molecule has 0 spiro atoms. The number of hydrogen-bond donors (Lipinski definition) is 1. The first kappa shape index (κ1) is 13.2. The number of rotatable bonds is 2. The van der Waals surface area contributed by atoms with Crippen LogP contribution in [0.4, 0.5) is 0 Å². The maximum absolute atomic E-state index is 9.42. The van der Waals surface area contributed by atoms with Gasteiger partial charge in [-0.2, -0.15) is 0 Å². The van der Waals surface area contributed by atoms with E-state index in [1.165, 1.54) is 5.56 Å². The molecular weight excluding hydrogens is 234 g/mol. The highest BCUT2D eigenvalue weighted by Crippen LogP contribution is 2.21. The molecule has 0 fully saturated rings. The normalized spacial score (nSPS) is 10.0. The van der Waals surface area contributed by atoms with E-state index in [9.17, 15) is 5.11 Å². The number of aromatic hydroxyl groups is 1. The lowest BCUT2D eigenvalue weighted by atomic mass is 10.2. The molecule has 0 bridgehead atoms. The van der Waals surface area contributed by atoms with Gasteiger partial charge in [0.25, 0.3) is 0 Å². The molecule has 1 heterocycles. The summed E-state index contributed by atoms with van der Waals surface area (Å²) < 4.78 is 2.18. The van der Waals surface area contributed by atoms with E-state index in [4.69, 9.17) is 0 Å². The van der Waals surface area contributed by atoms with Crippen molar-refractivity contribution in [1.29, 1.82) is 0 Å². The molecule has 98 valence electrons. The molecule has 0 unspecified atom stereocenters. The molecule has 2 nitrogen and oxygen atoms in total. The van der Waals surface area contributed by atoms with Crippen molar-refractivity contribution in [3.8, 4) is 5.75 Å². The Labute approximate surface area is 113 Å². The van der Waals surface area contributed by atoms with E-state index in [0.29, 0.717) is 5.75 Å². The van der Waals surface area contributed by atoms with Crippen LogP contribution in [0.1, 0.15) is 19.4 Å². The third-order valence-corrected chi connectivity index (χ3v) is 2.95. The van der Waals surface area contributed by atoms with Gasteiger partial charge in [0.05, 0.1) is 0 Å². The molecule has 0 radical (unpaired) electrons. The summed E-state index contributed by atoms with van der Waals surface area (Å²) in [5.41, 5.74) is 2.42. The third-order valence-electron chi connectivity index (χ3n) is 2.95. The Morgan fingerprint density at radius 1 is 0.947 bits per heavy atom. The van der Waals surface area contributed by atoms with Crippen LogP contribution in [0.5, 0.6) is 5.75 Å². The van der Waals surface area contributed by atoms with Crippen molar-refractivity contribution in [2.75, 3.05) is 0 Å². The summed E-state index contributed by atoms with van der Waals surface area (Å²) in [6, 6.07) is 17.8. The highest BCUT2D eigenvalue weighted by Gasteiger charge is 2.02. The van der Waals surface area contributed by atoms with E-state index in [-0.39, 0.29) is 0 Å². The molecule has 0 atom stereocenters. The Morgan fingerprint density at radius 2 is 1.68 bits per heavy atom. The molecule has 0 aliphatic heterocycles. The molecule has 3 aromatic rings. The molecule has 0 saturated carbocycles.